The Morgan fingerprint density at radius 3 is 2.87 bits per heavy atom. The van der Waals surface area contributed by atoms with Gasteiger partial charge in [-0.1, -0.05) is 6.92 Å². The summed E-state index contributed by atoms with van der Waals surface area (Å²) in [4.78, 5) is 2.74. The number of halogens is 1. The van der Waals surface area contributed by atoms with Crippen LogP contribution in [0.25, 0.3) is 0 Å². The molecule has 1 N–H and O–H groups in total. The summed E-state index contributed by atoms with van der Waals surface area (Å²) in [5, 5.41) is 3.23. The topological polar surface area (TPSA) is 21.3 Å². The Labute approximate surface area is 104 Å². The zero-order valence-electron chi connectivity index (χ0n) is 9.31. The fourth-order valence-corrected chi connectivity index (χ4v) is 3.13. The van der Waals surface area contributed by atoms with Gasteiger partial charge < -0.3 is 10.1 Å². The first kappa shape index (κ1) is 13.2. The number of rotatable bonds is 7. The van der Waals surface area contributed by atoms with Crippen LogP contribution in [-0.2, 0) is 11.2 Å². The molecule has 0 saturated carbocycles. The van der Waals surface area contributed by atoms with Crippen molar-refractivity contribution in [3.8, 4) is 0 Å². The van der Waals surface area contributed by atoms with Crippen molar-refractivity contribution in [1.82, 2.24) is 5.32 Å². The fraction of sp³-hybridized carbons (Fsp3) is 0.636. The van der Waals surface area contributed by atoms with Crippen molar-refractivity contribution in [2.75, 3.05) is 26.3 Å². The van der Waals surface area contributed by atoms with E-state index in [4.69, 9.17) is 4.74 Å². The van der Waals surface area contributed by atoms with Crippen LogP contribution in [0.15, 0.2) is 10.5 Å². The minimum absolute atomic E-state index is 0.801. The predicted molar refractivity (Wildman–Crippen MR) is 69.8 cm³/mol. The second kappa shape index (κ2) is 7.39. The summed E-state index contributed by atoms with van der Waals surface area (Å²) >= 11 is 5.39. The van der Waals surface area contributed by atoms with Crippen LogP contribution < -0.4 is 5.32 Å². The van der Waals surface area contributed by atoms with Crippen LogP contribution in [-0.4, -0.2) is 26.3 Å². The third-order valence-electron chi connectivity index (χ3n) is 2.03. The van der Waals surface area contributed by atoms with Gasteiger partial charge in [0.1, 0.15) is 0 Å². The van der Waals surface area contributed by atoms with Crippen LogP contribution in [0.2, 0.25) is 0 Å². The monoisotopic (exact) mass is 291 g/mol. The van der Waals surface area contributed by atoms with Crippen molar-refractivity contribution in [2.24, 2.45) is 0 Å². The molecule has 0 saturated heterocycles. The second-order valence-electron chi connectivity index (χ2n) is 3.34. The molecule has 0 unspecified atom stereocenters. The lowest BCUT2D eigenvalue weighted by molar-refractivity contribution is 0.140. The van der Waals surface area contributed by atoms with E-state index in [0.717, 1.165) is 32.7 Å². The highest BCUT2D eigenvalue weighted by molar-refractivity contribution is 9.10. The molecular formula is C11H18BrNOS. The molecule has 0 bridgehead atoms. The van der Waals surface area contributed by atoms with Crippen LogP contribution in [0, 0.1) is 6.92 Å². The minimum atomic E-state index is 0.801. The maximum absolute atomic E-state index is 5.53. The molecule has 2 nitrogen and oxygen atoms in total. The number of nitrogens with one attached hydrogen (secondary N) is 1. The Balaban J connectivity index is 2.12. The van der Waals surface area contributed by atoms with Crippen molar-refractivity contribution in [3.05, 3.63) is 20.3 Å². The highest BCUT2D eigenvalue weighted by Gasteiger charge is 2.03. The molecule has 1 heterocycles. The van der Waals surface area contributed by atoms with Crippen molar-refractivity contribution < 1.29 is 4.74 Å². The van der Waals surface area contributed by atoms with Crippen LogP contribution in [0.5, 0.6) is 0 Å². The highest BCUT2D eigenvalue weighted by Crippen LogP contribution is 2.26. The van der Waals surface area contributed by atoms with Gasteiger partial charge >= 0.3 is 0 Å². The van der Waals surface area contributed by atoms with Crippen molar-refractivity contribution >= 4 is 27.3 Å². The number of hydrogen-bond donors (Lipinski definition) is 1. The van der Waals surface area contributed by atoms with Gasteiger partial charge in [0.25, 0.3) is 0 Å². The quantitative estimate of drug-likeness (QED) is 0.780. The van der Waals surface area contributed by atoms with Gasteiger partial charge in [0.15, 0.2) is 0 Å². The molecule has 4 heteroatoms. The molecule has 0 radical (unpaired) electrons. The maximum atomic E-state index is 5.53. The molecule has 0 atom stereocenters. The first-order valence-corrected chi connectivity index (χ1v) is 6.88. The molecule has 0 aliphatic carbocycles. The van der Waals surface area contributed by atoms with Crippen molar-refractivity contribution in [1.29, 1.82) is 0 Å². The molecule has 1 aromatic rings. The van der Waals surface area contributed by atoms with Gasteiger partial charge in [-0.25, -0.2) is 0 Å². The lowest BCUT2D eigenvalue weighted by atomic mass is 10.3. The summed E-state index contributed by atoms with van der Waals surface area (Å²) in [5.41, 5.74) is 0. The van der Waals surface area contributed by atoms with E-state index in [1.807, 2.05) is 11.3 Å². The van der Waals surface area contributed by atoms with Gasteiger partial charge in [-0.15, -0.1) is 11.3 Å². The Hall–Kier alpha value is 0.100. The Kier molecular flexibility index (Phi) is 6.48. The molecule has 0 aliphatic heterocycles. The smallest absolute Gasteiger partial charge is 0.0591 e. The average Bonchev–Trinajstić information content (AvgIpc) is 2.51. The molecule has 1 rings (SSSR count). The summed E-state index contributed by atoms with van der Waals surface area (Å²) in [5.74, 6) is 0. The SMILES string of the molecule is CCNCCOCCc1sc(C)cc1Br. The number of hydrogen-bond acceptors (Lipinski definition) is 3. The maximum Gasteiger partial charge on any atom is 0.0591 e. The summed E-state index contributed by atoms with van der Waals surface area (Å²) in [6.45, 7) is 7.80. The standard InChI is InChI=1S/C11H18BrNOS/c1-3-13-5-7-14-6-4-11-10(12)8-9(2)15-11/h8,13H,3-7H2,1-2H3. The van der Waals surface area contributed by atoms with Crippen LogP contribution in [0.4, 0.5) is 0 Å². The average molecular weight is 292 g/mol. The molecule has 0 fully saturated rings. The first-order chi connectivity index (χ1) is 7.24. The van der Waals surface area contributed by atoms with E-state index >= 15 is 0 Å². The number of aryl methyl sites for hydroxylation is 1. The summed E-state index contributed by atoms with van der Waals surface area (Å²) < 4.78 is 6.75. The van der Waals surface area contributed by atoms with E-state index < -0.39 is 0 Å². The lowest BCUT2D eigenvalue weighted by Crippen LogP contribution is -2.19. The van der Waals surface area contributed by atoms with Gasteiger partial charge in [0.05, 0.1) is 13.2 Å². The zero-order chi connectivity index (χ0) is 11.1. The zero-order valence-corrected chi connectivity index (χ0v) is 11.7. The van der Waals surface area contributed by atoms with Gasteiger partial charge in [0.2, 0.25) is 0 Å². The summed E-state index contributed by atoms with van der Waals surface area (Å²) in [6.07, 6.45) is 1.01. The third kappa shape index (κ3) is 5.11. The van der Waals surface area contributed by atoms with Crippen LogP contribution in [0.1, 0.15) is 16.7 Å². The molecule has 0 aromatic carbocycles. The molecule has 1 aromatic heterocycles. The van der Waals surface area contributed by atoms with Crippen LogP contribution in [0.3, 0.4) is 0 Å². The third-order valence-corrected chi connectivity index (χ3v) is 4.11. The normalized spacial score (nSPS) is 10.9. The first-order valence-electron chi connectivity index (χ1n) is 5.27. The van der Waals surface area contributed by atoms with Crippen molar-refractivity contribution in [2.45, 2.75) is 20.3 Å². The predicted octanol–water partition coefficient (Wildman–Crippen LogP) is 2.99. The Morgan fingerprint density at radius 1 is 1.47 bits per heavy atom. The Bertz CT molecular complexity index is 288. The fourth-order valence-electron chi connectivity index (χ4n) is 1.29. The van der Waals surface area contributed by atoms with E-state index in [-0.39, 0.29) is 0 Å². The highest BCUT2D eigenvalue weighted by atomic mass is 79.9. The molecule has 0 amide bonds. The van der Waals surface area contributed by atoms with E-state index in [9.17, 15) is 0 Å². The Morgan fingerprint density at radius 2 is 2.27 bits per heavy atom. The number of thiophene rings is 1. The van der Waals surface area contributed by atoms with E-state index in [1.165, 1.54) is 14.2 Å². The summed E-state index contributed by atoms with van der Waals surface area (Å²) in [7, 11) is 0. The van der Waals surface area contributed by atoms with Crippen LogP contribution >= 0.6 is 27.3 Å². The van der Waals surface area contributed by atoms with Gasteiger partial charge in [0, 0.05) is 27.2 Å². The van der Waals surface area contributed by atoms with E-state index in [1.54, 1.807) is 0 Å². The minimum Gasteiger partial charge on any atom is -0.380 e. The molecule has 86 valence electrons. The largest absolute Gasteiger partial charge is 0.380 e. The molecule has 15 heavy (non-hydrogen) atoms. The van der Waals surface area contributed by atoms with Gasteiger partial charge in [-0.05, 0) is 35.5 Å². The van der Waals surface area contributed by atoms with E-state index in [0.29, 0.717) is 0 Å². The molecule has 0 spiro atoms. The number of ether oxygens (including phenoxy) is 1. The second-order valence-corrected chi connectivity index (χ2v) is 5.54. The lowest BCUT2D eigenvalue weighted by Gasteiger charge is -2.03. The van der Waals surface area contributed by atoms with Gasteiger partial charge in [-0.2, -0.15) is 0 Å². The van der Waals surface area contributed by atoms with Gasteiger partial charge in [-0.3, -0.25) is 0 Å². The molecule has 0 aliphatic rings. The van der Waals surface area contributed by atoms with Crippen molar-refractivity contribution in [3.63, 3.8) is 0 Å². The van der Waals surface area contributed by atoms with E-state index in [2.05, 4.69) is 41.2 Å². The molecular weight excluding hydrogens is 274 g/mol. The number of likely N-dealkylation sites (N-methyl/N-ethyl adjacent to an activating group) is 1. The summed E-state index contributed by atoms with van der Waals surface area (Å²) in [6, 6.07) is 2.17.